The largest absolute Gasteiger partial charge is 0.217 e. The molecule has 0 saturated carbocycles. The number of halogens is 1. The molecule has 0 aromatic rings. The summed E-state index contributed by atoms with van der Waals surface area (Å²) < 4.78 is 25.1. The van der Waals surface area contributed by atoms with Gasteiger partial charge in [-0.05, 0) is 19.8 Å². The van der Waals surface area contributed by atoms with Gasteiger partial charge in [0.25, 0.3) is 0 Å². The van der Waals surface area contributed by atoms with Gasteiger partial charge in [0, 0.05) is 19.0 Å². The molecule has 0 aromatic heterocycles. The third kappa shape index (κ3) is 2.58. The molecule has 1 aliphatic rings. The van der Waals surface area contributed by atoms with E-state index in [4.69, 9.17) is 11.6 Å². The van der Waals surface area contributed by atoms with Crippen LogP contribution < -0.4 is 0 Å². The molecule has 1 rings (SSSR count). The van der Waals surface area contributed by atoms with E-state index >= 15 is 0 Å². The number of piperidine rings is 1. The minimum absolute atomic E-state index is 0.179. The number of hydrogen-bond donors (Lipinski definition) is 0. The zero-order valence-electron chi connectivity index (χ0n) is 7.87. The minimum Gasteiger partial charge on any atom is -0.212 e. The molecule has 1 fully saturated rings. The standard InChI is InChI=1S/C8H16ClNO2S/c1-8(7-9)13(11,12)10-5-3-2-4-6-10/h8H,2-7H2,1H3. The molecule has 0 aliphatic carbocycles. The van der Waals surface area contributed by atoms with Crippen molar-refractivity contribution in [2.45, 2.75) is 31.4 Å². The molecule has 78 valence electrons. The molecule has 5 heteroatoms. The maximum atomic E-state index is 11.8. The Morgan fingerprint density at radius 1 is 1.31 bits per heavy atom. The number of hydrogen-bond acceptors (Lipinski definition) is 2. The highest BCUT2D eigenvalue weighted by atomic mass is 35.5. The summed E-state index contributed by atoms with van der Waals surface area (Å²) in [6.07, 6.45) is 3.10. The average Bonchev–Trinajstić information content (AvgIpc) is 2.18. The normalized spacial score (nSPS) is 22.9. The quantitative estimate of drug-likeness (QED) is 0.682. The highest BCUT2D eigenvalue weighted by molar-refractivity contribution is 7.89. The van der Waals surface area contributed by atoms with Crippen molar-refractivity contribution in [2.75, 3.05) is 19.0 Å². The highest BCUT2D eigenvalue weighted by Gasteiger charge is 2.28. The van der Waals surface area contributed by atoms with E-state index in [1.807, 2.05) is 0 Å². The summed E-state index contributed by atoms with van der Waals surface area (Å²) in [5.74, 6) is 0.179. The molecule has 1 atom stereocenters. The van der Waals surface area contributed by atoms with Crippen molar-refractivity contribution in [3.63, 3.8) is 0 Å². The lowest BCUT2D eigenvalue weighted by molar-refractivity contribution is 0.344. The number of sulfonamides is 1. The first-order chi connectivity index (χ1) is 6.09. The summed E-state index contributed by atoms with van der Waals surface area (Å²) in [6, 6.07) is 0. The fourth-order valence-electron chi connectivity index (χ4n) is 1.45. The molecule has 3 nitrogen and oxygen atoms in total. The second kappa shape index (κ2) is 4.62. The second-order valence-corrected chi connectivity index (χ2v) is 6.13. The summed E-state index contributed by atoms with van der Waals surface area (Å²) in [6.45, 7) is 3.00. The Hall–Kier alpha value is 0.200. The van der Waals surface area contributed by atoms with Crippen LogP contribution in [0.5, 0.6) is 0 Å². The molecular formula is C8H16ClNO2S. The smallest absolute Gasteiger partial charge is 0.212 e. The molecule has 0 N–H and O–H groups in total. The van der Waals surface area contributed by atoms with Crippen molar-refractivity contribution < 1.29 is 8.42 Å². The van der Waals surface area contributed by atoms with Crippen LogP contribution in [0.2, 0.25) is 0 Å². The predicted octanol–water partition coefficient (Wildman–Crippen LogP) is 1.43. The summed E-state index contributed by atoms with van der Waals surface area (Å²) >= 11 is 5.55. The SMILES string of the molecule is CC(CCl)S(=O)(=O)N1CCCCC1. The second-order valence-electron chi connectivity index (χ2n) is 3.47. The van der Waals surface area contributed by atoms with Gasteiger partial charge in [-0.1, -0.05) is 6.42 Å². The van der Waals surface area contributed by atoms with Crippen molar-refractivity contribution in [3.05, 3.63) is 0 Å². The van der Waals surface area contributed by atoms with Gasteiger partial charge in [0.15, 0.2) is 0 Å². The van der Waals surface area contributed by atoms with Crippen LogP contribution in [-0.2, 0) is 10.0 Å². The fourth-order valence-corrected chi connectivity index (χ4v) is 3.37. The van der Waals surface area contributed by atoms with Gasteiger partial charge in [0.1, 0.15) is 0 Å². The molecule has 1 aliphatic heterocycles. The molecule has 0 radical (unpaired) electrons. The third-order valence-corrected chi connectivity index (χ3v) is 5.32. The van der Waals surface area contributed by atoms with E-state index < -0.39 is 15.3 Å². The fraction of sp³-hybridized carbons (Fsp3) is 1.00. The van der Waals surface area contributed by atoms with E-state index in [1.54, 1.807) is 11.2 Å². The lowest BCUT2D eigenvalue weighted by Crippen LogP contribution is -2.41. The zero-order valence-corrected chi connectivity index (χ0v) is 9.44. The first-order valence-electron chi connectivity index (χ1n) is 4.64. The van der Waals surface area contributed by atoms with Crippen LogP contribution in [0.3, 0.4) is 0 Å². The van der Waals surface area contributed by atoms with Crippen molar-refractivity contribution in [1.82, 2.24) is 4.31 Å². The molecule has 1 unspecified atom stereocenters. The summed E-state index contributed by atoms with van der Waals surface area (Å²) in [4.78, 5) is 0. The van der Waals surface area contributed by atoms with Gasteiger partial charge < -0.3 is 0 Å². The van der Waals surface area contributed by atoms with E-state index in [0.29, 0.717) is 13.1 Å². The lowest BCUT2D eigenvalue weighted by Gasteiger charge is -2.28. The summed E-state index contributed by atoms with van der Waals surface area (Å²) in [5.41, 5.74) is 0. The molecule has 0 aromatic carbocycles. The summed E-state index contributed by atoms with van der Waals surface area (Å²) in [5, 5.41) is -0.452. The average molecular weight is 226 g/mol. The van der Waals surface area contributed by atoms with Gasteiger partial charge in [0.2, 0.25) is 10.0 Å². The minimum atomic E-state index is -3.11. The Labute approximate surface area is 85.1 Å². The van der Waals surface area contributed by atoms with Crippen LogP contribution in [-0.4, -0.2) is 36.9 Å². The summed E-state index contributed by atoms with van der Waals surface area (Å²) in [7, 11) is -3.11. The van der Waals surface area contributed by atoms with E-state index in [1.165, 1.54) is 0 Å². The van der Waals surface area contributed by atoms with Gasteiger partial charge >= 0.3 is 0 Å². The van der Waals surface area contributed by atoms with Gasteiger partial charge in [-0.3, -0.25) is 0 Å². The topological polar surface area (TPSA) is 37.4 Å². The van der Waals surface area contributed by atoms with Crippen LogP contribution in [0.1, 0.15) is 26.2 Å². The Morgan fingerprint density at radius 2 is 1.85 bits per heavy atom. The van der Waals surface area contributed by atoms with E-state index in [-0.39, 0.29) is 5.88 Å². The Bertz CT molecular complexity index is 247. The van der Waals surface area contributed by atoms with Crippen LogP contribution in [0.4, 0.5) is 0 Å². The molecule has 0 bridgehead atoms. The molecular weight excluding hydrogens is 210 g/mol. The Kier molecular flexibility index (Phi) is 4.01. The molecule has 13 heavy (non-hydrogen) atoms. The maximum Gasteiger partial charge on any atom is 0.217 e. The van der Waals surface area contributed by atoms with E-state index in [0.717, 1.165) is 19.3 Å². The van der Waals surface area contributed by atoms with Crippen molar-refractivity contribution in [1.29, 1.82) is 0 Å². The highest BCUT2D eigenvalue weighted by Crippen LogP contribution is 2.17. The zero-order chi connectivity index (χ0) is 9.90. The van der Waals surface area contributed by atoms with E-state index in [9.17, 15) is 8.42 Å². The Morgan fingerprint density at radius 3 is 2.31 bits per heavy atom. The van der Waals surface area contributed by atoms with Crippen molar-refractivity contribution in [3.8, 4) is 0 Å². The van der Waals surface area contributed by atoms with Gasteiger partial charge in [-0.25, -0.2) is 12.7 Å². The van der Waals surface area contributed by atoms with Crippen molar-refractivity contribution in [2.24, 2.45) is 0 Å². The lowest BCUT2D eigenvalue weighted by atomic mass is 10.2. The Balaban J connectivity index is 2.67. The first-order valence-corrected chi connectivity index (χ1v) is 6.67. The van der Waals surface area contributed by atoms with Crippen LogP contribution >= 0.6 is 11.6 Å². The number of rotatable bonds is 3. The maximum absolute atomic E-state index is 11.8. The molecule has 1 saturated heterocycles. The van der Waals surface area contributed by atoms with E-state index in [2.05, 4.69) is 0 Å². The molecule has 1 heterocycles. The third-order valence-electron chi connectivity index (χ3n) is 2.40. The molecule has 0 amide bonds. The number of alkyl halides is 1. The predicted molar refractivity (Wildman–Crippen MR) is 54.5 cm³/mol. The van der Waals surface area contributed by atoms with Crippen LogP contribution in [0.25, 0.3) is 0 Å². The monoisotopic (exact) mass is 225 g/mol. The molecule has 0 spiro atoms. The first kappa shape index (κ1) is 11.3. The number of nitrogens with zero attached hydrogens (tertiary/aromatic N) is 1. The van der Waals surface area contributed by atoms with Crippen molar-refractivity contribution >= 4 is 21.6 Å². The van der Waals surface area contributed by atoms with Gasteiger partial charge in [-0.2, -0.15) is 0 Å². The van der Waals surface area contributed by atoms with Gasteiger partial charge in [0.05, 0.1) is 5.25 Å². The van der Waals surface area contributed by atoms with Crippen LogP contribution in [0.15, 0.2) is 0 Å². The van der Waals surface area contributed by atoms with Gasteiger partial charge in [-0.15, -0.1) is 11.6 Å². The van der Waals surface area contributed by atoms with Crippen LogP contribution in [0, 0.1) is 0 Å².